The fraction of sp³-hybridized carbons (Fsp3) is 0.353. The van der Waals surface area contributed by atoms with Crippen molar-refractivity contribution >= 4 is 21.8 Å². The third-order valence-corrected chi connectivity index (χ3v) is 4.49. The highest BCUT2D eigenvalue weighted by Crippen LogP contribution is 2.41. The van der Waals surface area contributed by atoms with E-state index in [-0.39, 0.29) is 17.4 Å². The van der Waals surface area contributed by atoms with Crippen molar-refractivity contribution in [1.29, 1.82) is 0 Å². The summed E-state index contributed by atoms with van der Waals surface area (Å²) in [5, 5.41) is 3.14. The van der Waals surface area contributed by atoms with Crippen LogP contribution < -0.4 is 5.32 Å². The van der Waals surface area contributed by atoms with Gasteiger partial charge in [0.2, 0.25) is 0 Å². The molecule has 1 amide bonds. The number of rotatable bonds is 2. The van der Waals surface area contributed by atoms with Crippen LogP contribution in [0.2, 0.25) is 0 Å². The molecule has 1 N–H and O–H groups in total. The first kappa shape index (κ1) is 14.4. The largest absolute Gasteiger partial charge is 0.469 e. The van der Waals surface area contributed by atoms with Crippen molar-refractivity contribution in [3.63, 3.8) is 0 Å². The van der Waals surface area contributed by atoms with E-state index in [9.17, 15) is 4.79 Å². The van der Waals surface area contributed by atoms with Gasteiger partial charge in [-0.3, -0.25) is 4.79 Å². The van der Waals surface area contributed by atoms with E-state index in [0.29, 0.717) is 5.56 Å². The molecule has 0 aliphatic heterocycles. The normalized spacial score (nSPS) is 19.9. The van der Waals surface area contributed by atoms with Gasteiger partial charge >= 0.3 is 0 Å². The number of fused-ring (bicyclic) bond motifs is 1. The Kier molecular flexibility index (Phi) is 3.66. The molecule has 21 heavy (non-hydrogen) atoms. The minimum Gasteiger partial charge on any atom is -0.469 e. The maximum absolute atomic E-state index is 12.4. The molecule has 0 saturated heterocycles. The van der Waals surface area contributed by atoms with E-state index in [1.807, 2.05) is 30.3 Å². The lowest BCUT2D eigenvalue weighted by atomic mass is 9.74. The van der Waals surface area contributed by atoms with Crippen LogP contribution in [0.3, 0.4) is 0 Å². The molecular weight excluding hydrogens is 330 g/mol. The summed E-state index contributed by atoms with van der Waals surface area (Å²) in [7, 11) is 0. The zero-order valence-electron chi connectivity index (χ0n) is 12.2. The Balaban J connectivity index is 1.82. The zero-order valence-corrected chi connectivity index (χ0v) is 13.7. The van der Waals surface area contributed by atoms with Crippen LogP contribution in [0.25, 0.3) is 0 Å². The molecule has 3 nitrogen and oxygen atoms in total. The van der Waals surface area contributed by atoms with Crippen LogP contribution >= 0.6 is 15.9 Å². The van der Waals surface area contributed by atoms with Gasteiger partial charge < -0.3 is 9.73 Å². The molecule has 4 heteroatoms. The van der Waals surface area contributed by atoms with Gasteiger partial charge in [-0.05, 0) is 42.2 Å². The van der Waals surface area contributed by atoms with E-state index in [1.54, 1.807) is 6.26 Å². The van der Waals surface area contributed by atoms with Gasteiger partial charge in [0, 0.05) is 22.0 Å². The maximum atomic E-state index is 12.4. The lowest BCUT2D eigenvalue weighted by Crippen LogP contribution is -2.36. The molecule has 3 rings (SSSR count). The third kappa shape index (κ3) is 3.05. The number of amides is 1. The molecule has 2 aromatic rings. The van der Waals surface area contributed by atoms with Crippen LogP contribution in [0.5, 0.6) is 0 Å². The number of nitrogens with one attached hydrogen (secondary N) is 1. The molecule has 1 unspecified atom stereocenters. The molecule has 0 spiro atoms. The Labute approximate surface area is 132 Å². The lowest BCUT2D eigenvalue weighted by Gasteiger charge is -2.34. The quantitative estimate of drug-likeness (QED) is 0.869. The monoisotopic (exact) mass is 347 g/mol. The van der Waals surface area contributed by atoms with E-state index >= 15 is 0 Å². The van der Waals surface area contributed by atoms with Crippen molar-refractivity contribution in [3.8, 4) is 0 Å². The number of hydrogen-bond acceptors (Lipinski definition) is 2. The number of furan rings is 1. The van der Waals surface area contributed by atoms with Gasteiger partial charge in [0.25, 0.3) is 5.91 Å². The SMILES string of the molecule is CC1(C)Cc2occc2C(NC(=O)c2ccc(Br)cc2)C1. The van der Waals surface area contributed by atoms with Gasteiger partial charge in [-0.25, -0.2) is 0 Å². The fourth-order valence-corrected chi connectivity index (χ4v) is 3.21. The first-order chi connectivity index (χ1) is 9.94. The van der Waals surface area contributed by atoms with Crippen molar-refractivity contribution in [3.05, 3.63) is 58.0 Å². The van der Waals surface area contributed by atoms with Crippen molar-refractivity contribution < 1.29 is 9.21 Å². The van der Waals surface area contributed by atoms with E-state index in [4.69, 9.17) is 4.42 Å². The Morgan fingerprint density at radius 3 is 2.71 bits per heavy atom. The second-order valence-electron chi connectivity index (χ2n) is 6.38. The highest BCUT2D eigenvalue weighted by molar-refractivity contribution is 9.10. The average Bonchev–Trinajstić information content (AvgIpc) is 2.86. The van der Waals surface area contributed by atoms with Crippen LogP contribution in [0.1, 0.15) is 48.0 Å². The molecule has 0 fully saturated rings. The number of halogens is 1. The lowest BCUT2D eigenvalue weighted by molar-refractivity contribution is 0.0917. The molecule has 1 aromatic carbocycles. The van der Waals surface area contributed by atoms with E-state index in [0.717, 1.165) is 28.6 Å². The first-order valence-electron chi connectivity index (χ1n) is 7.07. The second kappa shape index (κ2) is 5.34. The smallest absolute Gasteiger partial charge is 0.251 e. The standard InChI is InChI=1S/C17H18BrNO2/c1-17(2)9-14(13-7-8-21-15(13)10-17)19-16(20)11-3-5-12(18)6-4-11/h3-8,14H,9-10H2,1-2H3,(H,19,20). The van der Waals surface area contributed by atoms with Gasteiger partial charge in [0.05, 0.1) is 12.3 Å². The predicted octanol–water partition coefficient (Wildman–Crippen LogP) is 4.49. The minimum atomic E-state index is -0.0441. The third-order valence-electron chi connectivity index (χ3n) is 3.96. The number of benzene rings is 1. The van der Waals surface area contributed by atoms with Crippen molar-refractivity contribution in [2.24, 2.45) is 5.41 Å². The summed E-state index contributed by atoms with van der Waals surface area (Å²) >= 11 is 3.38. The van der Waals surface area contributed by atoms with Crippen LogP contribution in [-0.2, 0) is 6.42 Å². The Hall–Kier alpha value is -1.55. The summed E-state index contributed by atoms with van der Waals surface area (Å²) in [5.41, 5.74) is 1.91. The molecule has 110 valence electrons. The van der Waals surface area contributed by atoms with E-state index in [1.165, 1.54) is 0 Å². The summed E-state index contributed by atoms with van der Waals surface area (Å²) in [6, 6.07) is 9.38. The average molecular weight is 348 g/mol. The van der Waals surface area contributed by atoms with Gasteiger partial charge in [-0.15, -0.1) is 0 Å². The summed E-state index contributed by atoms with van der Waals surface area (Å²) in [6.07, 6.45) is 3.55. The van der Waals surface area contributed by atoms with Gasteiger partial charge in [-0.2, -0.15) is 0 Å². The van der Waals surface area contributed by atoms with Crippen molar-refractivity contribution in [1.82, 2.24) is 5.32 Å². The number of carbonyl (C=O) groups is 1. The van der Waals surface area contributed by atoms with E-state index < -0.39 is 0 Å². The van der Waals surface area contributed by atoms with E-state index in [2.05, 4.69) is 35.1 Å². The highest BCUT2D eigenvalue weighted by atomic mass is 79.9. The Morgan fingerprint density at radius 1 is 1.29 bits per heavy atom. The summed E-state index contributed by atoms with van der Waals surface area (Å²) in [4.78, 5) is 12.4. The molecule has 1 atom stereocenters. The van der Waals surface area contributed by atoms with Crippen LogP contribution in [-0.4, -0.2) is 5.91 Å². The number of carbonyl (C=O) groups excluding carboxylic acids is 1. The zero-order chi connectivity index (χ0) is 15.0. The topological polar surface area (TPSA) is 42.2 Å². The molecule has 1 aliphatic rings. The summed E-state index contributed by atoms with van der Waals surface area (Å²) < 4.78 is 6.53. The highest BCUT2D eigenvalue weighted by Gasteiger charge is 2.35. The molecule has 0 saturated carbocycles. The first-order valence-corrected chi connectivity index (χ1v) is 7.87. The predicted molar refractivity (Wildman–Crippen MR) is 85.2 cm³/mol. The molecular formula is C17H18BrNO2. The van der Waals surface area contributed by atoms with Crippen LogP contribution in [0.4, 0.5) is 0 Å². The van der Waals surface area contributed by atoms with Crippen molar-refractivity contribution in [2.45, 2.75) is 32.7 Å². The van der Waals surface area contributed by atoms with Gasteiger partial charge in [0.15, 0.2) is 0 Å². The second-order valence-corrected chi connectivity index (χ2v) is 7.29. The molecule has 1 heterocycles. The Bertz CT molecular complexity index is 658. The molecule has 1 aromatic heterocycles. The minimum absolute atomic E-state index is 0.0126. The molecule has 0 bridgehead atoms. The summed E-state index contributed by atoms with van der Waals surface area (Å²) in [5.74, 6) is 0.949. The Morgan fingerprint density at radius 2 is 2.00 bits per heavy atom. The number of hydrogen-bond donors (Lipinski definition) is 1. The van der Waals surface area contributed by atoms with Crippen LogP contribution in [0.15, 0.2) is 45.5 Å². The summed E-state index contributed by atoms with van der Waals surface area (Å²) in [6.45, 7) is 4.41. The van der Waals surface area contributed by atoms with Gasteiger partial charge in [-0.1, -0.05) is 29.8 Å². The maximum Gasteiger partial charge on any atom is 0.251 e. The fourth-order valence-electron chi connectivity index (χ4n) is 2.95. The van der Waals surface area contributed by atoms with Crippen LogP contribution in [0, 0.1) is 5.41 Å². The molecule has 1 aliphatic carbocycles. The van der Waals surface area contributed by atoms with Crippen molar-refractivity contribution in [2.75, 3.05) is 0 Å². The molecule has 0 radical (unpaired) electrons. The van der Waals surface area contributed by atoms with Gasteiger partial charge in [0.1, 0.15) is 5.76 Å².